The minimum Gasteiger partial charge on any atom is -0.481 e. The Bertz CT molecular complexity index is 512. The van der Waals surface area contributed by atoms with Gasteiger partial charge in [0.05, 0.1) is 6.42 Å². The summed E-state index contributed by atoms with van der Waals surface area (Å²) in [5, 5.41) is 14.6. The topological polar surface area (TPSA) is 78.4 Å². The fourth-order valence-electron chi connectivity index (χ4n) is 2.57. The second kappa shape index (κ2) is 6.80. The Labute approximate surface area is 128 Å². The van der Waals surface area contributed by atoms with E-state index in [1.54, 1.807) is 0 Å². The van der Waals surface area contributed by atoms with Gasteiger partial charge in [-0.25, -0.2) is 4.79 Å². The Morgan fingerprint density at radius 3 is 2.38 bits per heavy atom. The van der Waals surface area contributed by atoms with E-state index in [0.29, 0.717) is 11.6 Å². The summed E-state index contributed by atoms with van der Waals surface area (Å²) in [6.07, 6.45) is 3.13. The molecule has 1 saturated carbocycles. The van der Waals surface area contributed by atoms with Crippen molar-refractivity contribution < 1.29 is 14.7 Å². The number of carboxylic acids is 1. The molecule has 1 aromatic carbocycles. The number of carbonyl (C=O) groups excluding carboxylic acids is 1. The van der Waals surface area contributed by atoms with Crippen molar-refractivity contribution in [2.24, 2.45) is 0 Å². The molecule has 2 rings (SSSR count). The van der Waals surface area contributed by atoms with Crippen LogP contribution < -0.4 is 10.6 Å². The molecule has 0 unspecified atom stereocenters. The highest BCUT2D eigenvalue weighted by Crippen LogP contribution is 2.43. The van der Waals surface area contributed by atoms with Crippen molar-refractivity contribution in [2.45, 2.75) is 31.1 Å². The number of hydrogen-bond acceptors (Lipinski definition) is 2. The van der Waals surface area contributed by atoms with E-state index in [1.165, 1.54) is 5.56 Å². The molecule has 5 nitrogen and oxygen atoms in total. The minimum absolute atomic E-state index is 0.0191. The molecule has 0 heterocycles. The minimum atomic E-state index is -0.924. The third kappa shape index (κ3) is 4.11. The number of hydrogen-bond donors (Lipinski definition) is 3. The van der Waals surface area contributed by atoms with E-state index < -0.39 is 5.97 Å². The zero-order valence-corrected chi connectivity index (χ0v) is 12.4. The van der Waals surface area contributed by atoms with Gasteiger partial charge in [-0.1, -0.05) is 30.2 Å². The summed E-state index contributed by atoms with van der Waals surface area (Å²) in [5.74, 6) is -0.924. The van der Waals surface area contributed by atoms with Crippen molar-refractivity contribution in [1.29, 1.82) is 0 Å². The monoisotopic (exact) mass is 310 g/mol. The third-order valence-corrected chi connectivity index (χ3v) is 4.23. The molecule has 2 amide bonds. The number of benzene rings is 1. The molecule has 3 N–H and O–H groups in total. The van der Waals surface area contributed by atoms with Gasteiger partial charge in [0.25, 0.3) is 0 Å². The number of halogens is 1. The number of carboxylic acid groups (broad SMARTS) is 1. The quantitative estimate of drug-likeness (QED) is 0.755. The molecule has 1 fully saturated rings. The molecule has 0 aliphatic heterocycles. The maximum absolute atomic E-state index is 11.7. The standard InChI is InChI=1S/C15H19ClN2O3/c16-12-4-2-11(3-5-12)15(7-1-8-15)10-18-14(21)17-9-6-13(19)20/h2-5H,1,6-10H2,(H,19,20)(H2,17,18,21). The fourth-order valence-corrected chi connectivity index (χ4v) is 2.70. The SMILES string of the molecule is O=C(O)CCNC(=O)NCC1(c2ccc(Cl)cc2)CCC1. The zero-order chi connectivity index (χ0) is 15.3. The summed E-state index contributed by atoms with van der Waals surface area (Å²) in [6.45, 7) is 0.683. The lowest BCUT2D eigenvalue weighted by atomic mass is 9.64. The van der Waals surface area contributed by atoms with Gasteiger partial charge in [-0.05, 0) is 30.5 Å². The molecule has 114 valence electrons. The molecule has 21 heavy (non-hydrogen) atoms. The molecule has 0 spiro atoms. The van der Waals surface area contributed by atoms with E-state index in [2.05, 4.69) is 10.6 Å². The largest absolute Gasteiger partial charge is 0.481 e. The van der Waals surface area contributed by atoms with Crippen LogP contribution in [0.3, 0.4) is 0 Å². The number of aliphatic carboxylic acids is 1. The molecule has 6 heteroatoms. The van der Waals surface area contributed by atoms with Gasteiger partial charge < -0.3 is 15.7 Å². The Morgan fingerprint density at radius 1 is 1.19 bits per heavy atom. The first-order valence-electron chi connectivity index (χ1n) is 7.01. The van der Waals surface area contributed by atoms with Gasteiger partial charge in [-0.15, -0.1) is 0 Å². The van der Waals surface area contributed by atoms with Crippen molar-refractivity contribution in [1.82, 2.24) is 10.6 Å². The fraction of sp³-hybridized carbons (Fsp3) is 0.467. The summed E-state index contributed by atoms with van der Waals surface area (Å²) in [5.41, 5.74) is 1.17. The van der Waals surface area contributed by atoms with E-state index in [9.17, 15) is 9.59 Å². The second-order valence-electron chi connectivity index (χ2n) is 5.39. The highest BCUT2D eigenvalue weighted by atomic mass is 35.5. The lowest BCUT2D eigenvalue weighted by Gasteiger charge is -2.42. The van der Waals surface area contributed by atoms with Crippen LogP contribution in [0.4, 0.5) is 4.79 Å². The molecule has 1 aliphatic rings. The van der Waals surface area contributed by atoms with Gasteiger partial charge in [0.1, 0.15) is 0 Å². The van der Waals surface area contributed by atoms with Crippen molar-refractivity contribution >= 4 is 23.6 Å². The Hall–Kier alpha value is -1.75. The van der Waals surface area contributed by atoms with E-state index >= 15 is 0 Å². The lowest BCUT2D eigenvalue weighted by molar-refractivity contribution is -0.136. The predicted octanol–water partition coefficient (Wildman–Crippen LogP) is 2.54. The first-order chi connectivity index (χ1) is 10.0. The van der Waals surface area contributed by atoms with Crippen molar-refractivity contribution in [3.63, 3.8) is 0 Å². The average Bonchev–Trinajstić information content (AvgIpc) is 2.39. The van der Waals surface area contributed by atoms with Crippen molar-refractivity contribution in [3.05, 3.63) is 34.9 Å². The van der Waals surface area contributed by atoms with Crippen LogP contribution in [0.2, 0.25) is 5.02 Å². The maximum atomic E-state index is 11.7. The molecular formula is C15H19ClN2O3. The molecule has 1 aromatic rings. The van der Waals surface area contributed by atoms with E-state index in [1.807, 2.05) is 24.3 Å². The summed E-state index contributed by atoms with van der Waals surface area (Å²) >= 11 is 5.91. The highest BCUT2D eigenvalue weighted by molar-refractivity contribution is 6.30. The van der Waals surface area contributed by atoms with Crippen LogP contribution in [0.25, 0.3) is 0 Å². The number of nitrogens with one attached hydrogen (secondary N) is 2. The Morgan fingerprint density at radius 2 is 1.86 bits per heavy atom. The second-order valence-corrected chi connectivity index (χ2v) is 5.83. The number of amides is 2. The van der Waals surface area contributed by atoms with Crippen LogP contribution in [0.15, 0.2) is 24.3 Å². The van der Waals surface area contributed by atoms with Gasteiger partial charge >= 0.3 is 12.0 Å². The van der Waals surface area contributed by atoms with Crippen LogP contribution in [-0.4, -0.2) is 30.2 Å². The number of urea groups is 1. The van der Waals surface area contributed by atoms with Gasteiger partial charge in [0.15, 0.2) is 0 Å². The normalized spacial score (nSPS) is 15.9. The van der Waals surface area contributed by atoms with Crippen LogP contribution in [0, 0.1) is 0 Å². The smallest absolute Gasteiger partial charge is 0.314 e. The van der Waals surface area contributed by atoms with Gasteiger partial charge in [-0.3, -0.25) is 4.79 Å². The van der Waals surface area contributed by atoms with E-state index in [4.69, 9.17) is 16.7 Å². The van der Waals surface area contributed by atoms with E-state index in [-0.39, 0.29) is 24.4 Å². The Balaban J connectivity index is 1.86. The molecule has 0 aromatic heterocycles. The van der Waals surface area contributed by atoms with Gasteiger partial charge in [0, 0.05) is 23.5 Å². The zero-order valence-electron chi connectivity index (χ0n) is 11.7. The van der Waals surface area contributed by atoms with Crippen LogP contribution in [0.1, 0.15) is 31.2 Å². The average molecular weight is 311 g/mol. The molecule has 0 radical (unpaired) electrons. The van der Waals surface area contributed by atoms with Gasteiger partial charge in [0.2, 0.25) is 0 Å². The van der Waals surface area contributed by atoms with E-state index in [0.717, 1.165) is 19.3 Å². The number of rotatable bonds is 6. The summed E-state index contributed by atoms with van der Waals surface area (Å²) in [7, 11) is 0. The molecule has 0 atom stereocenters. The lowest BCUT2D eigenvalue weighted by Crippen LogP contribution is -2.48. The van der Waals surface area contributed by atoms with Crippen molar-refractivity contribution in [2.75, 3.05) is 13.1 Å². The molecule has 0 saturated heterocycles. The number of carbonyl (C=O) groups is 2. The first kappa shape index (κ1) is 15.6. The summed E-state index contributed by atoms with van der Waals surface area (Å²) < 4.78 is 0. The van der Waals surface area contributed by atoms with Crippen LogP contribution in [0.5, 0.6) is 0 Å². The third-order valence-electron chi connectivity index (χ3n) is 3.98. The first-order valence-corrected chi connectivity index (χ1v) is 7.39. The molecular weight excluding hydrogens is 292 g/mol. The maximum Gasteiger partial charge on any atom is 0.314 e. The van der Waals surface area contributed by atoms with Crippen LogP contribution in [-0.2, 0) is 10.2 Å². The highest BCUT2D eigenvalue weighted by Gasteiger charge is 2.38. The Kier molecular flexibility index (Phi) is 5.07. The van der Waals surface area contributed by atoms with Gasteiger partial charge in [-0.2, -0.15) is 0 Å². The summed E-state index contributed by atoms with van der Waals surface area (Å²) in [6, 6.07) is 7.42. The van der Waals surface area contributed by atoms with Crippen LogP contribution >= 0.6 is 11.6 Å². The predicted molar refractivity (Wildman–Crippen MR) is 80.6 cm³/mol. The van der Waals surface area contributed by atoms with Crippen molar-refractivity contribution in [3.8, 4) is 0 Å². The molecule has 1 aliphatic carbocycles. The molecule has 0 bridgehead atoms. The summed E-state index contributed by atoms with van der Waals surface area (Å²) in [4.78, 5) is 22.0.